The van der Waals surface area contributed by atoms with E-state index in [1.165, 1.54) is 13.2 Å². The van der Waals surface area contributed by atoms with Crippen LogP contribution in [0.15, 0.2) is 36.3 Å². The molecule has 0 saturated heterocycles. The Balaban J connectivity index is 4.62. The van der Waals surface area contributed by atoms with Gasteiger partial charge in [-0.2, -0.15) is 0 Å². The first kappa shape index (κ1) is 13.5. The Morgan fingerprint density at radius 2 is 2.07 bits per heavy atom. The van der Waals surface area contributed by atoms with Gasteiger partial charge < -0.3 is 9.47 Å². The van der Waals surface area contributed by atoms with Crippen LogP contribution in [0.2, 0.25) is 0 Å². The van der Waals surface area contributed by atoms with E-state index in [4.69, 9.17) is 9.47 Å². The molecule has 3 nitrogen and oxygen atoms in total. The number of carbonyl (C=O) groups excluding carboxylic acids is 1. The summed E-state index contributed by atoms with van der Waals surface area (Å²) in [6, 6.07) is 0. The van der Waals surface area contributed by atoms with Crippen molar-refractivity contribution in [2.24, 2.45) is 0 Å². The summed E-state index contributed by atoms with van der Waals surface area (Å²) in [6.45, 7) is 6.94. The normalized spacial score (nSPS) is 12.2. The maximum Gasteiger partial charge on any atom is 0.308 e. The second-order valence-corrected chi connectivity index (χ2v) is 3.10. The molecule has 0 spiro atoms. The van der Waals surface area contributed by atoms with Crippen molar-refractivity contribution in [2.75, 3.05) is 7.11 Å². The number of carbonyl (C=O) groups is 1. The molecule has 0 aliphatic carbocycles. The van der Waals surface area contributed by atoms with Crippen molar-refractivity contribution in [1.29, 1.82) is 0 Å². The molecule has 0 unspecified atom stereocenters. The molecule has 0 heterocycles. The fourth-order valence-electron chi connectivity index (χ4n) is 0.990. The molecular formula is C12H18O3. The van der Waals surface area contributed by atoms with Gasteiger partial charge >= 0.3 is 5.97 Å². The third-order valence-electron chi connectivity index (χ3n) is 1.75. The largest absolute Gasteiger partial charge is 0.504 e. The molecule has 84 valence electrons. The number of ether oxygens (including phenoxy) is 2. The monoisotopic (exact) mass is 210 g/mol. The minimum atomic E-state index is -0.330. The summed E-state index contributed by atoms with van der Waals surface area (Å²) in [6.07, 6.45) is 6.63. The lowest BCUT2D eigenvalue weighted by molar-refractivity contribution is -0.136. The van der Waals surface area contributed by atoms with E-state index in [1.54, 1.807) is 13.2 Å². The summed E-state index contributed by atoms with van der Waals surface area (Å²) < 4.78 is 9.83. The first-order chi connectivity index (χ1) is 7.11. The Morgan fingerprint density at radius 3 is 2.53 bits per heavy atom. The third kappa shape index (κ3) is 6.55. The van der Waals surface area contributed by atoms with E-state index in [9.17, 15) is 4.79 Å². The first-order valence-electron chi connectivity index (χ1n) is 4.80. The quantitative estimate of drug-likeness (QED) is 0.292. The second kappa shape index (κ2) is 7.85. The van der Waals surface area contributed by atoms with E-state index in [1.807, 2.05) is 13.0 Å². The molecule has 0 aliphatic rings. The highest BCUT2D eigenvalue weighted by atomic mass is 16.5. The molecular weight excluding hydrogens is 192 g/mol. The second-order valence-electron chi connectivity index (χ2n) is 3.10. The van der Waals surface area contributed by atoms with E-state index in [-0.39, 0.29) is 5.97 Å². The highest BCUT2D eigenvalue weighted by Crippen LogP contribution is 2.14. The summed E-state index contributed by atoms with van der Waals surface area (Å²) in [5.41, 5.74) is 0.999. The van der Waals surface area contributed by atoms with Gasteiger partial charge in [0, 0.05) is 13.0 Å². The fourth-order valence-corrected chi connectivity index (χ4v) is 0.990. The minimum absolute atomic E-state index is 0.330. The summed E-state index contributed by atoms with van der Waals surface area (Å²) in [5, 5.41) is 0. The zero-order valence-corrected chi connectivity index (χ0v) is 9.58. The Hall–Kier alpha value is -1.51. The summed E-state index contributed by atoms with van der Waals surface area (Å²) in [7, 11) is 1.54. The van der Waals surface area contributed by atoms with Crippen LogP contribution in [-0.4, -0.2) is 13.1 Å². The van der Waals surface area contributed by atoms with Crippen LogP contribution in [0.3, 0.4) is 0 Å². The molecule has 15 heavy (non-hydrogen) atoms. The van der Waals surface area contributed by atoms with Gasteiger partial charge in [0.05, 0.1) is 13.4 Å². The van der Waals surface area contributed by atoms with Gasteiger partial charge in [-0.15, -0.1) is 6.58 Å². The van der Waals surface area contributed by atoms with E-state index >= 15 is 0 Å². The molecule has 0 fully saturated rings. The minimum Gasteiger partial charge on any atom is -0.504 e. The van der Waals surface area contributed by atoms with Crippen LogP contribution in [0.25, 0.3) is 0 Å². The van der Waals surface area contributed by atoms with Crippen LogP contribution >= 0.6 is 0 Å². The van der Waals surface area contributed by atoms with Crippen LogP contribution in [-0.2, 0) is 14.3 Å². The van der Waals surface area contributed by atoms with E-state index in [0.717, 1.165) is 18.4 Å². The van der Waals surface area contributed by atoms with E-state index in [0.29, 0.717) is 5.76 Å². The van der Waals surface area contributed by atoms with Gasteiger partial charge in [-0.25, -0.2) is 0 Å². The van der Waals surface area contributed by atoms with Crippen molar-refractivity contribution in [3.8, 4) is 0 Å². The number of rotatable bonds is 6. The summed E-state index contributed by atoms with van der Waals surface area (Å²) in [4.78, 5) is 10.8. The highest BCUT2D eigenvalue weighted by molar-refractivity contribution is 5.67. The van der Waals surface area contributed by atoms with Crippen molar-refractivity contribution in [2.45, 2.75) is 26.7 Å². The Bertz CT molecular complexity index is 275. The van der Waals surface area contributed by atoms with E-state index < -0.39 is 0 Å². The number of hydrogen-bond donors (Lipinski definition) is 0. The molecule has 0 rings (SSSR count). The number of allylic oxidation sites excluding steroid dienone is 3. The molecule has 0 aliphatic heterocycles. The number of esters is 1. The molecule has 3 heteroatoms. The predicted octanol–water partition coefficient (Wildman–Crippen LogP) is 2.95. The van der Waals surface area contributed by atoms with Crippen LogP contribution in [0.1, 0.15) is 26.7 Å². The summed E-state index contributed by atoms with van der Waals surface area (Å²) >= 11 is 0. The van der Waals surface area contributed by atoms with Crippen LogP contribution in [0.4, 0.5) is 0 Å². The molecule has 0 atom stereocenters. The maximum absolute atomic E-state index is 10.8. The van der Waals surface area contributed by atoms with Gasteiger partial charge in [0.2, 0.25) is 0 Å². The van der Waals surface area contributed by atoms with Crippen molar-refractivity contribution in [1.82, 2.24) is 0 Å². The van der Waals surface area contributed by atoms with Crippen LogP contribution in [0, 0.1) is 0 Å². The SMILES string of the molecule is C=CCC/C(C)=C(/C=C/OC)OC(C)=O. The average Bonchev–Trinajstić information content (AvgIpc) is 2.20. The molecule has 0 amide bonds. The van der Waals surface area contributed by atoms with Gasteiger partial charge in [-0.05, 0) is 25.3 Å². The lowest BCUT2D eigenvalue weighted by atomic mass is 10.1. The van der Waals surface area contributed by atoms with Gasteiger partial charge in [0.1, 0.15) is 5.76 Å². The Kier molecular flexibility index (Phi) is 7.06. The van der Waals surface area contributed by atoms with Gasteiger partial charge in [0.25, 0.3) is 0 Å². The molecule has 0 saturated carbocycles. The number of hydrogen-bond acceptors (Lipinski definition) is 3. The zero-order valence-electron chi connectivity index (χ0n) is 9.58. The van der Waals surface area contributed by atoms with Crippen molar-refractivity contribution in [3.05, 3.63) is 36.3 Å². The molecule has 0 bridgehead atoms. The van der Waals surface area contributed by atoms with Gasteiger partial charge in [-0.3, -0.25) is 4.79 Å². The molecule has 0 aromatic carbocycles. The lowest BCUT2D eigenvalue weighted by Gasteiger charge is -2.06. The highest BCUT2D eigenvalue weighted by Gasteiger charge is 2.03. The van der Waals surface area contributed by atoms with E-state index in [2.05, 4.69) is 6.58 Å². The third-order valence-corrected chi connectivity index (χ3v) is 1.75. The maximum atomic E-state index is 10.8. The van der Waals surface area contributed by atoms with Crippen LogP contribution < -0.4 is 0 Å². The molecule has 0 radical (unpaired) electrons. The van der Waals surface area contributed by atoms with Gasteiger partial charge in [-0.1, -0.05) is 6.08 Å². The Morgan fingerprint density at radius 1 is 1.40 bits per heavy atom. The molecule has 0 N–H and O–H groups in total. The Labute approximate surface area is 91.1 Å². The smallest absolute Gasteiger partial charge is 0.308 e. The lowest BCUT2D eigenvalue weighted by Crippen LogP contribution is -1.99. The number of methoxy groups -OCH3 is 1. The topological polar surface area (TPSA) is 35.5 Å². The van der Waals surface area contributed by atoms with Crippen molar-refractivity contribution >= 4 is 5.97 Å². The van der Waals surface area contributed by atoms with Crippen molar-refractivity contribution in [3.63, 3.8) is 0 Å². The summed E-state index contributed by atoms with van der Waals surface area (Å²) in [5.74, 6) is 0.218. The predicted molar refractivity (Wildman–Crippen MR) is 60.0 cm³/mol. The zero-order chi connectivity index (χ0) is 11.7. The fraction of sp³-hybridized carbons (Fsp3) is 0.417. The molecule has 0 aromatic rings. The van der Waals surface area contributed by atoms with Crippen molar-refractivity contribution < 1.29 is 14.3 Å². The standard InChI is InChI=1S/C12H18O3/c1-5-6-7-10(2)12(8-9-14-4)15-11(3)13/h5,8-9H,1,6-7H2,2-4H3/b9-8+,12-10-. The van der Waals surface area contributed by atoms with Crippen LogP contribution in [0.5, 0.6) is 0 Å². The van der Waals surface area contributed by atoms with Gasteiger partial charge in [0.15, 0.2) is 0 Å². The first-order valence-corrected chi connectivity index (χ1v) is 4.80. The average molecular weight is 210 g/mol. The molecule has 0 aromatic heterocycles.